The third kappa shape index (κ3) is 13.1. The average molecular weight is 857 g/mol. The number of methoxy groups -OCH3 is 2. The summed E-state index contributed by atoms with van der Waals surface area (Å²) in [6.07, 6.45) is 15.3. The van der Waals surface area contributed by atoms with Crippen LogP contribution in [0, 0.1) is 11.8 Å². The Balaban J connectivity index is 0.000000261. The third-order valence-corrected chi connectivity index (χ3v) is 14.9. The highest BCUT2D eigenvalue weighted by atomic mass is 32.2. The number of nitrogens with zero attached hydrogens (tertiary/aromatic N) is 3. The average Bonchev–Trinajstić information content (AvgIpc) is 3.99. The van der Waals surface area contributed by atoms with Crippen molar-refractivity contribution in [2.75, 3.05) is 32.0 Å². The van der Waals surface area contributed by atoms with E-state index in [9.17, 15) is 26.4 Å². The van der Waals surface area contributed by atoms with Gasteiger partial charge in [-0.05, 0) is 67.0 Å². The van der Waals surface area contributed by atoms with E-state index in [0.717, 1.165) is 41.0 Å². The van der Waals surface area contributed by atoms with Crippen molar-refractivity contribution in [3.05, 3.63) is 77.7 Å². The Morgan fingerprint density at radius 1 is 0.772 bits per heavy atom. The number of thiazole rings is 1. The quantitative estimate of drug-likeness (QED) is 0.107. The van der Waals surface area contributed by atoms with Gasteiger partial charge in [-0.3, -0.25) is 9.59 Å². The molecular formula is C41H52N4O8S4. The normalized spacial score (nSPS) is 16.0. The minimum atomic E-state index is -3.30. The molecule has 2 atom stereocenters. The maximum absolute atomic E-state index is 13.4. The van der Waals surface area contributed by atoms with Gasteiger partial charge in [-0.15, -0.1) is 11.8 Å². The van der Waals surface area contributed by atoms with E-state index in [1.165, 1.54) is 88.4 Å². The van der Waals surface area contributed by atoms with Crippen LogP contribution in [0.15, 0.2) is 74.8 Å². The van der Waals surface area contributed by atoms with Crippen LogP contribution in [-0.4, -0.2) is 70.2 Å². The van der Waals surface area contributed by atoms with E-state index in [1.807, 2.05) is 0 Å². The van der Waals surface area contributed by atoms with Crippen LogP contribution in [0.1, 0.15) is 99.9 Å². The van der Waals surface area contributed by atoms with E-state index >= 15 is 0 Å². The number of thioether (sulfide) groups is 1. The Kier molecular flexibility index (Phi) is 15.7. The molecule has 2 fully saturated rings. The summed E-state index contributed by atoms with van der Waals surface area (Å²) < 4.78 is 58.0. The number of carbonyl (C=O) groups is 2. The number of amides is 1. The number of nitrogens with one attached hydrogen (secondary N) is 1. The molecule has 0 unspecified atom stereocenters. The van der Waals surface area contributed by atoms with Gasteiger partial charge in [-0.2, -0.15) is 9.97 Å². The SMILES string of the molecule is CC(=O)[C@H](CC1CCCC1)c1ccc(S(C)(=O)=O)cc1.COc1cc(OC)nc(CSc2cnc(NC(=O)[C@H](CC3CCCC3)c3ccc(S(C)(=O)=O)cc3)s2)n1. The molecule has 12 nitrogen and oxygen atoms in total. The molecule has 2 aliphatic carbocycles. The second-order valence-corrected chi connectivity index (χ2v) is 21.1. The van der Waals surface area contributed by atoms with Gasteiger partial charge in [-0.1, -0.05) is 87.0 Å². The van der Waals surface area contributed by atoms with Crippen LogP contribution in [0.2, 0.25) is 0 Å². The molecule has 2 saturated carbocycles. The van der Waals surface area contributed by atoms with E-state index in [0.29, 0.717) is 45.2 Å². The van der Waals surface area contributed by atoms with Crippen molar-refractivity contribution >= 4 is 59.6 Å². The molecule has 2 heterocycles. The fourth-order valence-corrected chi connectivity index (χ4v) is 10.4. The zero-order valence-corrected chi connectivity index (χ0v) is 36.4. The highest BCUT2D eigenvalue weighted by Gasteiger charge is 2.28. The summed E-state index contributed by atoms with van der Waals surface area (Å²) >= 11 is 2.89. The largest absolute Gasteiger partial charge is 0.481 e. The molecule has 4 aromatic rings. The van der Waals surface area contributed by atoms with Gasteiger partial charge in [0.15, 0.2) is 24.8 Å². The summed E-state index contributed by atoms with van der Waals surface area (Å²) in [6.45, 7) is 1.63. The van der Waals surface area contributed by atoms with E-state index in [4.69, 9.17) is 9.47 Å². The van der Waals surface area contributed by atoms with Crippen LogP contribution in [0.3, 0.4) is 0 Å². The molecule has 2 aromatic heterocycles. The number of Topliss-reactive ketones (excluding diaryl/α,β-unsaturated/α-hetero) is 1. The first-order valence-corrected chi connectivity index (χ1v) is 24.7. The number of aromatic nitrogens is 3. The number of hydrogen-bond acceptors (Lipinski definition) is 13. The Morgan fingerprint density at radius 2 is 1.23 bits per heavy atom. The molecule has 2 aliphatic rings. The smallest absolute Gasteiger partial charge is 0.233 e. The fraction of sp³-hybridized carbons (Fsp3) is 0.488. The van der Waals surface area contributed by atoms with E-state index in [-0.39, 0.29) is 28.4 Å². The first kappa shape index (κ1) is 44.2. The Labute approximate surface area is 344 Å². The topological polar surface area (TPSA) is 172 Å². The Morgan fingerprint density at radius 3 is 1.67 bits per heavy atom. The van der Waals surface area contributed by atoms with Crippen molar-refractivity contribution in [1.82, 2.24) is 15.0 Å². The Bertz CT molecular complexity index is 2160. The minimum Gasteiger partial charge on any atom is -0.481 e. The summed E-state index contributed by atoms with van der Waals surface area (Å²) in [5, 5.41) is 3.49. The molecule has 16 heteroatoms. The van der Waals surface area contributed by atoms with Crippen LogP contribution in [0.25, 0.3) is 0 Å². The molecular weight excluding hydrogens is 805 g/mol. The number of rotatable bonds is 16. The van der Waals surface area contributed by atoms with E-state index in [1.54, 1.807) is 67.7 Å². The predicted molar refractivity (Wildman–Crippen MR) is 224 cm³/mol. The number of ketones is 1. The van der Waals surface area contributed by atoms with Crippen molar-refractivity contribution in [1.29, 1.82) is 0 Å². The maximum Gasteiger partial charge on any atom is 0.233 e. The van der Waals surface area contributed by atoms with Crippen LogP contribution in [0.5, 0.6) is 11.8 Å². The van der Waals surface area contributed by atoms with Gasteiger partial charge < -0.3 is 14.8 Å². The lowest BCUT2D eigenvalue weighted by atomic mass is 9.85. The van der Waals surface area contributed by atoms with Crippen molar-refractivity contribution in [2.45, 2.75) is 103 Å². The number of anilines is 1. The van der Waals surface area contributed by atoms with Crippen molar-refractivity contribution < 1.29 is 35.9 Å². The van der Waals surface area contributed by atoms with E-state index < -0.39 is 19.7 Å². The zero-order chi connectivity index (χ0) is 41.2. The first-order chi connectivity index (χ1) is 27.1. The molecule has 2 aromatic carbocycles. The van der Waals surface area contributed by atoms with Crippen LogP contribution in [0.4, 0.5) is 5.13 Å². The summed E-state index contributed by atoms with van der Waals surface area (Å²) in [5.41, 5.74) is 1.75. The monoisotopic (exact) mass is 856 g/mol. The zero-order valence-electron chi connectivity index (χ0n) is 33.1. The van der Waals surface area contributed by atoms with Gasteiger partial charge in [0.2, 0.25) is 17.7 Å². The molecule has 6 rings (SSSR count). The predicted octanol–water partition coefficient (Wildman–Crippen LogP) is 8.29. The molecule has 308 valence electrons. The molecule has 0 saturated heterocycles. The lowest BCUT2D eigenvalue weighted by Crippen LogP contribution is -2.23. The molecule has 0 spiro atoms. The minimum absolute atomic E-state index is 0.0910. The summed E-state index contributed by atoms with van der Waals surface area (Å²) in [6, 6.07) is 15.1. The highest BCUT2D eigenvalue weighted by Crippen LogP contribution is 2.37. The van der Waals surface area contributed by atoms with E-state index in [2.05, 4.69) is 20.3 Å². The first-order valence-electron chi connectivity index (χ1n) is 19.1. The van der Waals surface area contributed by atoms with Crippen LogP contribution >= 0.6 is 23.1 Å². The third-order valence-electron chi connectivity index (χ3n) is 10.5. The number of carbonyl (C=O) groups excluding carboxylic acids is 2. The summed E-state index contributed by atoms with van der Waals surface area (Å²) in [7, 11) is -3.40. The highest BCUT2D eigenvalue weighted by molar-refractivity contribution is 8.00. The molecule has 0 bridgehead atoms. The molecule has 1 amide bonds. The van der Waals surface area contributed by atoms with Crippen molar-refractivity contribution in [3.8, 4) is 11.8 Å². The van der Waals surface area contributed by atoms with Gasteiger partial charge >= 0.3 is 0 Å². The van der Waals surface area contributed by atoms with Gasteiger partial charge in [0, 0.05) is 18.4 Å². The number of hydrogen-bond donors (Lipinski definition) is 1. The molecule has 1 N–H and O–H groups in total. The summed E-state index contributed by atoms with van der Waals surface area (Å²) in [5.74, 6) is 2.59. The van der Waals surface area contributed by atoms with Crippen LogP contribution < -0.4 is 14.8 Å². The number of sulfone groups is 2. The molecule has 0 radical (unpaired) electrons. The summed E-state index contributed by atoms with van der Waals surface area (Å²) in [4.78, 5) is 38.9. The lowest BCUT2D eigenvalue weighted by molar-refractivity contribution is -0.119. The molecule has 57 heavy (non-hydrogen) atoms. The van der Waals surface area contributed by atoms with Gasteiger partial charge in [0.25, 0.3) is 0 Å². The van der Waals surface area contributed by atoms with Crippen molar-refractivity contribution in [2.24, 2.45) is 11.8 Å². The second kappa shape index (κ2) is 20.2. The number of benzene rings is 2. The molecule has 0 aliphatic heterocycles. The fourth-order valence-electron chi connectivity index (χ4n) is 7.42. The van der Waals surface area contributed by atoms with Gasteiger partial charge in [0.1, 0.15) is 11.6 Å². The number of ether oxygens (including phenoxy) is 2. The Hall–Kier alpha value is -3.86. The lowest BCUT2D eigenvalue weighted by Gasteiger charge is -2.20. The maximum atomic E-state index is 13.4. The standard InChI is InChI=1S/C25H30N4O5S3.C16H22O3S/c1-33-21-13-22(34-2)28-20(27-21)15-35-23-14-26-25(36-23)29-24(30)19(12-16-6-4-5-7-16)17-8-10-18(11-9-17)37(3,31)32;1-12(17)16(11-13-5-3-4-6-13)14-7-9-15(10-8-14)20(2,18)19/h8-11,13-14,16,19H,4-7,12,15H2,1-3H3,(H,26,29,30);7-10,13,16H,3-6,11H2,1-2H3/t19-;16-/m10/s1. The second-order valence-electron chi connectivity index (χ2n) is 14.8. The van der Waals surface area contributed by atoms with Gasteiger partial charge in [0.05, 0.1) is 52.2 Å². The van der Waals surface area contributed by atoms with Crippen LogP contribution in [-0.2, 0) is 35.0 Å². The van der Waals surface area contributed by atoms with Gasteiger partial charge in [-0.25, -0.2) is 21.8 Å². The van der Waals surface area contributed by atoms with Crippen molar-refractivity contribution in [3.63, 3.8) is 0 Å².